The Morgan fingerprint density at radius 3 is 0.938 bits per heavy atom. The van der Waals surface area contributed by atoms with Crippen LogP contribution in [-0.4, -0.2) is 182 Å². The minimum atomic E-state index is -0.582. The molecule has 0 fully saturated rings. The molecule has 28 nitrogen and oxygen atoms in total. The second kappa shape index (κ2) is 44.3. The Morgan fingerprint density at radius 2 is 0.641 bits per heavy atom. The standard InChI is InChI=1S/C21H23ClFN5O2.C20H21ClFN5O2.C16H12Cl2FN3O.C16H13ClFN3O2.C16H11ClFN3O2/c1-27(2)19(29)11-28(3)10-13-8-14-17(9-18(13)30-4)24-12-25-21(14)26-16-7-5-6-15(22)20(16)23;1-26(2)18(29)10-27(3)9-12-7-13-16(8-17(12)28)23-11-24-20(13)25-15-6-4-5-14(21)19(15)22;1-23-14-6-13-10(5-9(14)7-17)16(21-8-20-13)22-12-4-2-3-11(18)15(12)19;2*1-23-14-6-13-10(5-9(14)7-22)16(20-8-19-13)21-12-4-2-3-11(17)15(12)18/h5-9,12H,10-11H2,1-4H3,(H,24,25,26);4-8,11,28H,9-10H2,1-3H3,(H,23,24,25);2-6,8H,7H2,1H3,(H,20,21,22);2-6,8,22H,7H2,1H3,(H,19,20,21);2-8H,1H3,(H,19,20,21). The number of aromatic nitrogens is 10. The number of hydrogen-bond acceptors (Lipinski definition) is 26. The number of aldehydes is 1. The number of ether oxygens (including phenoxy) is 4. The fourth-order valence-electron chi connectivity index (χ4n) is 12.5. The maximum Gasteiger partial charge on any atom is 0.236 e. The molecule has 0 atom stereocenters. The van der Waals surface area contributed by atoms with Crippen molar-refractivity contribution in [3.8, 4) is 28.7 Å². The molecule has 0 bridgehead atoms. The first kappa shape index (κ1) is 95.4. The third-order valence-corrected chi connectivity index (χ3v) is 20.8. The van der Waals surface area contributed by atoms with E-state index in [1.165, 1.54) is 87.2 Å². The third kappa shape index (κ3) is 23.5. The SMILES string of the molecule is CN(CC(=O)N(C)C)Cc1cc2c(Nc3cccc(Cl)c3F)ncnc2cc1O.COc1cc2ncnc(Nc3cccc(Cl)c3F)c2cc1C=O.COc1cc2ncnc(Nc3cccc(Cl)c3F)c2cc1CCl.COc1cc2ncnc(Nc3cccc(Cl)c3F)c2cc1CN(C)CC(=O)N(C)C.COc1cc2ncnc(Nc3cccc(Cl)c3F)c2cc1CO. The number of methoxy groups -OCH3 is 4. The Hall–Kier alpha value is -13.2. The fraction of sp³-hybridized carbons (Fsp3) is 0.180. The van der Waals surface area contributed by atoms with Gasteiger partial charge in [0.25, 0.3) is 0 Å². The number of phenols is 1. The largest absolute Gasteiger partial charge is 0.508 e. The molecule has 0 unspecified atom stereocenters. The highest BCUT2D eigenvalue weighted by Gasteiger charge is 2.22. The highest BCUT2D eigenvalue weighted by molar-refractivity contribution is 6.32. The van der Waals surface area contributed by atoms with E-state index < -0.39 is 29.1 Å². The number of aromatic hydroxyl groups is 1. The summed E-state index contributed by atoms with van der Waals surface area (Å²) < 4.78 is 92.0. The Bertz CT molecular complexity index is 6440. The molecule has 15 aromatic rings. The Kier molecular flexibility index (Phi) is 33.0. The van der Waals surface area contributed by atoms with Crippen molar-refractivity contribution in [2.75, 3.05) is 110 Å². The van der Waals surface area contributed by atoms with Crippen LogP contribution >= 0.6 is 69.6 Å². The van der Waals surface area contributed by atoms with Crippen LogP contribution in [0.1, 0.15) is 32.6 Å². The van der Waals surface area contributed by atoms with Crippen LogP contribution in [0.3, 0.4) is 0 Å². The monoisotopic (exact) mass is 1860 g/mol. The lowest BCUT2D eigenvalue weighted by molar-refractivity contribution is -0.130. The number of halogens is 11. The lowest BCUT2D eigenvalue weighted by Crippen LogP contribution is -2.34. The summed E-state index contributed by atoms with van der Waals surface area (Å²) in [4.78, 5) is 83.7. The van der Waals surface area contributed by atoms with Crippen molar-refractivity contribution >= 4 is 200 Å². The number of likely N-dealkylation sites (N-methyl/N-ethyl adjacent to an activating group) is 4. The molecule has 0 radical (unpaired) electrons. The van der Waals surface area contributed by atoms with Gasteiger partial charge in [0.1, 0.15) is 89.5 Å². The molecule has 5 aromatic heterocycles. The van der Waals surface area contributed by atoms with Crippen molar-refractivity contribution in [1.82, 2.24) is 69.4 Å². The van der Waals surface area contributed by atoms with Gasteiger partial charge in [0, 0.05) is 121 Å². The van der Waals surface area contributed by atoms with Gasteiger partial charge < -0.3 is 65.5 Å². The van der Waals surface area contributed by atoms with Crippen molar-refractivity contribution in [3.63, 3.8) is 0 Å². The number of nitrogens with one attached hydrogen (secondary N) is 5. The summed E-state index contributed by atoms with van der Waals surface area (Å²) in [5.41, 5.74) is 7.18. The minimum absolute atomic E-state index is 0.000577. The van der Waals surface area contributed by atoms with E-state index in [1.54, 1.807) is 162 Å². The Labute approximate surface area is 759 Å². The lowest BCUT2D eigenvalue weighted by Gasteiger charge is -2.20. The van der Waals surface area contributed by atoms with Gasteiger partial charge in [0.15, 0.2) is 35.4 Å². The van der Waals surface area contributed by atoms with Crippen LogP contribution in [0, 0.1) is 29.1 Å². The number of rotatable bonds is 25. The zero-order valence-corrected chi connectivity index (χ0v) is 74.3. The van der Waals surface area contributed by atoms with Gasteiger partial charge in [-0.05, 0) is 105 Å². The highest BCUT2D eigenvalue weighted by Crippen LogP contribution is 2.39. The first-order valence-electron chi connectivity index (χ1n) is 38.2. The van der Waals surface area contributed by atoms with Crippen LogP contribution in [0.25, 0.3) is 54.5 Å². The van der Waals surface area contributed by atoms with E-state index >= 15 is 0 Å². The van der Waals surface area contributed by atoms with Crippen molar-refractivity contribution in [2.45, 2.75) is 25.6 Å². The first-order valence-corrected chi connectivity index (χ1v) is 40.6. The molecule has 10 aromatic carbocycles. The van der Waals surface area contributed by atoms with Crippen LogP contribution in [0.4, 0.5) is 79.5 Å². The maximum atomic E-state index is 14.3. The van der Waals surface area contributed by atoms with Crippen LogP contribution in [-0.2, 0) is 35.2 Å². The molecular formula is C89H80Cl6F5N19O9. The van der Waals surface area contributed by atoms with Crippen molar-refractivity contribution in [1.29, 1.82) is 0 Å². The second-order valence-electron chi connectivity index (χ2n) is 28.2. The van der Waals surface area contributed by atoms with Gasteiger partial charge in [0.05, 0.1) is 141 Å². The number of aliphatic hydroxyl groups is 1. The molecule has 662 valence electrons. The topological polar surface area (TPSA) is 331 Å². The number of carbonyl (C=O) groups excluding carboxylic acids is 3. The van der Waals surface area contributed by atoms with Crippen LogP contribution in [0.15, 0.2) is 183 Å². The van der Waals surface area contributed by atoms with Crippen molar-refractivity contribution < 1.29 is 65.5 Å². The number of aliphatic hydroxyl groups excluding tert-OH is 1. The van der Waals surface area contributed by atoms with E-state index in [2.05, 4.69) is 76.4 Å². The van der Waals surface area contributed by atoms with E-state index in [0.29, 0.717) is 143 Å². The fourth-order valence-corrected chi connectivity index (χ4v) is 13.6. The number of hydrogen-bond donors (Lipinski definition) is 7. The summed E-state index contributed by atoms with van der Waals surface area (Å²) in [7, 11) is 16.6. The molecule has 0 aliphatic rings. The normalized spacial score (nSPS) is 10.9. The molecule has 39 heteroatoms. The second-order valence-corrected chi connectivity index (χ2v) is 30.5. The quantitative estimate of drug-likeness (QED) is 0.0159. The number of phenolic OH excluding ortho intramolecular Hbond substituents is 1. The molecule has 2 amide bonds. The van der Waals surface area contributed by atoms with Crippen molar-refractivity contribution in [2.24, 2.45) is 0 Å². The predicted molar refractivity (Wildman–Crippen MR) is 490 cm³/mol. The third-order valence-electron chi connectivity index (χ3n) is 19.1. The van der Waals surface area contributed by atoms with E-state index in [9.17, 15) is 46.5 Å². The zero-order chi connectivity index (χ0) is 92.2. The van der Waals surface area contributed by atoms with Gasteiger partial charge in [-0.3, -0.25) is 24.2 Å². The zero-order valence-electron chi connectivity index (χ0n) is 69.8. The smallest absolute Gasteiger partial charge is 0.236 e. The molecule has 0 aliphatic carbocycles. The number of benzene rings is 10. The van der Waals surface area contributed by atoms with Gasteiger partial charge in [-0.1, -0.05) is 88.3 Å². The van der Waals surface area contributed by atoms with E-state index in [4.69, 9.17) is 88.6 Å². The molecule has 0 saturated carbocycles. The summed E-state index contributed by atoms with van der Waals surface area (Å²) >= 11 is 35.0. The number of carbonyl (C=O) groups is 3. The van der Waals surface area contributed by atoms with E-state index in [-0.39, 0.29) is 96.7 Å². The summed E-state index contributed by atoms with van der Waals surface area (Å²) in [5, 5.41) is 37.8. The number of amides is 2. The van der Waals surface area contributed by atoms with Gasteiger partial charge in [-0.15, -0.1) is 11.6 Å². The predicted octanol–water partition coefficient (Wildman–Crippen LogP) is 19.7. The van der Waals surface area contributed by atoms with Crippen LogP contribution < -0.4 is 45.5 Å². The highest BCUT2D eigenvalue weighted by atomic mass is 35.5. The van der Waals surface area contributed by atoms with E-state index in [0.717, 1.165) is 11.1 Å². The molecule has 0 saturated heterocycles. The molecule has 7 N–H and O–H groups in total. The number of nitrogens with zero attached hydrogens (tertiary/aromatic N) is 14. The van der Waals surface area contributed by atoms with Crippen LogP contribution in [0.5, 0.6) is 28.7 Å². The Balaban J connectivity index is 0.000000156. The number of fused-ring (bicyclic) bond motifs is 5. The number of anilines is 10. The molecule has 128 heavy (non-hydrogen) atoms. The number of alkyl halides is 1. The van der Waals surface area contributed by atoms with Crippen LogP contribution in [0.2, 0.25) is 25.1 Å². The average Bonchev–Trinajstić information content (AvgIpc) is 0.804. The minimum Gasteiger partial charge on any atom is -0.508 e. The molecular weight excluding hydrogens is 1790 g/mol. The Morgan fingerprint density at radius 1 is 0.375 bits per heavy atom. The van der Waals surface area contributed by atoms with Gasteiger partial charge in [0.2, 0.25) is 11.8 Å². The summed E-state index contributed by atoms with van der Waals surface area (Å²) in [5.74, 6) is 1.76. The molecule has 5 heterocycles. The summed E-state index contributed by atoms with van der Waals surface area (Å²) in [6.07, 6.45) is 7.50. The lowest BCUT2D eigenvalue weighted by atomic mass is 10.1. The molecule has 15 rings (SSSR count). The van der Waals surface area contributed by atoms with Crippen molar-refractivity contribution in [3.05, 3.63) is 265 Å². The average molecular weight is 1870 g/mol. The summed E-state index contributed by atoms with van der Waals surface area (Å²) in [6, 6.07) is 40.5. The maximum absolute atomic E-state index is 14.3. The van der Waals surface area contributed by atoms with Gasteiger partial charge >= 0.3 is 0 Å². The summed E-state index contributed by atoms with van der Waals surface area (Å²) in [6.45, 7) is 1.08. The molecule has 0 aliphatic heterocycles. The van der Waals surface area contributed by atoms with Gasteiger partial charge in [-0.2, -0.15) is 0 Å². The van der Waals surface area contributed by atoms with E-state index in [1.807, 2.05) is 24.1 Å². The molecule has 0 spiro atoms. The first-order chi connectivity index (χ1) is 61.5. The van der Waals surface area contributed by atoms with Gasteiger partial charge in [-0.25, -0.2) is 71.8 Å².